The summed E-state index contributed by atoms with van der Waals surface area (Å²) in [6.45, 7) is 5.69. The molecule has 0 fully saturated rings. The molecule has 2 aromatic rings. The lowest BCUT2D eigenvalue weighted by atomic mass is 10.1. The van der Waals surface area contributed by atoms with Crippen molar-refractivity contribution in [2.24, 2.45) is 12.0 Å². The first-order chi connectivity index (χ1) is 11.4. The third kappa shape index (κ3) is 5.60. The minimum atomic E-state index is 0. The number of halogens is 2. The van der Waals surface area contributed by atoms with E-state index in [0.717, 1.165) is 35.2 Å². The SMILES string of the molecule is CN=C(NCCc1c(C)nn(C)c1C)N(C)Cc1ccccc1Cl.I. The lowest BCUT2D eigenvalue weighted by Gasteiger charge is -2.22. The third-order valence-corrected chi connectivity index (χ3v) is 4.62. The van der Waals surface area contributed by atoms with Gasteiger partial charge in [0.2, 0.25) is 0 Å². The van der Waals surface area contributed by atoms with E-state index in [1.165, 1.54) is 11.3 Å². The highest BCUT2D eigenvalue weighted by atomic mass is 127. The summed E-state index contributed by atoms with van der Waals surface area (Å²) in [5, 5.41) is 8.66. The summed E-state index contributed by atoms with van der Waals surface area (Å²) in [5.41, 5.74) is 4.70. The van der Waals surface area contributed by atoms with Crippen LogP contribution in [-0.4, -0.2) is 41.3 Å². The number of aromatic nitrogens is 2. The Morgan fingerprint density at radius 3 is 2.56 bits per heavy atom. The number of rotatable bonds is 5. The zero-order chi connectivity index (χ0) is 17.7. The first-order valence-electron chi connectivity index (χ1n) is 8.08. The van der Waals surface area contributed by atoms with Crippen LogP contribution in [0.4, 0.5) is 0 Å². The van der Waals surface area contributed by atoms with Gasteiger partial charge in [-0.15, -0.1) is 24.0 Å². The van der Waals surface area contributed by atoms with Crippen LogP contribution in [0.25, 0.3) is 0 Å². The molecule has 0 atom stereocenters. The van der Waals surface area contributed by atoms with Crippen LogP contribution in [0.15, 0.2) is 29.3 Å². The van der Waals surface area contributed by atoms with Gasteiger partial charge < -0.3 is 10.2 Å². The first kappa shape index (κ1) is 21.8. The second-order valence-corrected chi connectivity index (χ2v) is 6.35. The molecular weight excluding hydrogens is 449 g/mol. The minimum Gasteiger partial charge on any atom is -0.356 e. The maximum absolute atomic E-state index is 6.24. The third-order valence-electron chi connectivity index (χ3n) is 4.26. The van der Waals surface area contributed by atoms with Gasteiger partial charge in [-0.3, -0.25) is 9.67 Å². The molecule has 25 heavy (non-hydrogen) atoms. The van der Waals surface area contributed by atoms with Crippen molar-refractivity contribution in [3.63, 3.8) is 0 Å². The molecule has 1 aromatic heterocycles. The molecule has 2 rings (SSSR count). The van der Waals surface area contributed by atoms with E-state index in [4.69, 9.17) is 11.6 Å². The Bertz CT molecular complexity index is 726. The zero-order valence-electron chi connectivity index (χ0n) is 15.5. The van der Waals surface area contributed by atoms with E-state index in [1.54, 1.807) is 7.05 Å². The van der Waals surface area contributed by atoms with Crippen LogP contribution in [0.5, 0.6) is 0 Å². The molecule has 0 aliphatic heterocycles. The van der Waals surface area contributed by atoms with Crippen molar-refractivity contribution in [1.29, 1.82) is 0 Å². The molecule has 0 saturated carbocycles. The van der Waals surface area contributed by atoms with Gasteiger partial charge in [0, 0.05) is 44.9 Å². The first-order valence-corrected chi connectivity index (χ1v) is 8.46. The van der Waals surface area contributed by atoms with E-state index in [9.17, 15) is 0 Å². The predicted molar refractivity (Wildman–Crippen MR) is 116 cm³/mol. The van der Waals surface area contributed by atoms with Gasteiger partial charge in [0.05, 0.1) is 5.69 Å². The van der Waals surface area contributed by atoms with Gasteiger partial charge in [-0.2, -0.15) is 5.10 Å². The van der Waals surface area contributed by atoms with E-state index in [-0.39, 0.29) is 24.0 Å². The molecule has 5 nitrogen and oxygen atoms in total. The summed E-state index contributed by atoms with van der Waals surface area (Å²) in [5.74, 6) is 0.856. The number of guanidine groups is 1. The van der Waals surface area contributed by atoms with Crippen molar-refractivity contribution in [1.82, 2.24) is 20.0 Å². The fourth-order valence-electron chi connectivity index (χ4n) is 2.82. The zero-order valence-corrected chi connectivity index (χ0v) is 18.6. The summed E-state index contributed by atoms with van der Waals surface area (Å²) in [7, 11) is 5.79. The molecule has 0 bridgehead atoms. The molecule has 0 aliphatic rings. The largest absolute Gasteiger partial charge is 0.356 e. The fourth-order valence-corrected chi connectivity index (χ4v) is 3.02. The monoisotopic (exact) mass is 475 g/mol. The van der Waals surface area contributed by atoms with Crippen LogP contribution < -0.4 is 5.32 Å². The number of aryl methyl sites for hydroxylation is 2. The topological polar surface area (TPSA) is 45.5 Å². The quantitative estimate of drug-likeness (QED) is 0.409. The fraction of sp³-hybridized carbons (Fsp3) is 0.444. The van der Waals surface area contributed by atoms with E-state index in [1.807, 2.05) is 43.0 Å². The maximum atomic E-state index is 6.24. The number of benzene rings is 1. The molecule has 0 aliphatic carbocycles. The molecule has 0 unspecified atom stereocenters. The molecule has 138 valence electrons. The normalized spacial score (nSPS) is 11.2. The average Bonchev–Trinajstić information content (AvgIpc) is 2.79. The molecule has 1 aromatic carbocycles. The Balaban J connectivity index is 0.00000312. The Morgan fingerprint density at radius 1 is 1.32 bits per heavy atom. The molecule has 0 radical (unpaired) electrons. The second-order valence-electron chi connectivity index (χ2n) is 5.94. The average molecular weight is 476 g/mol. The predicted octanol–water partition coefficient (Wildman–Crippen LogP) is 3.56. The number of aliphatic imine (C=N–C) groups is 1. The van der Waals surface area contributed by atoms with Gasteiger partial charge in [0.15, 0.2) is 5.96 Å². The van der Waals surface area contributed by atoms with E-state index in [0.29, 0.717) is 6.54 Å². The summed E-state index contributed by atoms with van der Waals surface area (Å²) in [4.78, 5) is 6.44. The van der Waals surface area contributed by atoms with Crippen LogP contribution in [-0.2, 0) is 20.0 Å². The van der Waals surface area contributed by atoms with Crippen LogP contribution in [0.1, 0.15) is 22.5 Å². The molecule has 7 heteroatoms. The number of nitrogens with zero attached hydrogens (tertiary/aromatic N) is 4. The Labute approximate surface area is 172 Å². The van der Waals surface area contributed by atoms with Crippen molar-refractivity contribution >= 4 is 41.5 Å². The van der Waals surface area contributed by atoms with Crippen molar-refractivity contribution in [3.05, 3.63) is 51.8 Å². The van der Waals surface area contributed by atoms with Gasteiger partial charge in [-0.25, -0.2) is 0 Å². The Kier molecular flexibility index (Phi) is 8.71. The summed E-state index contributed by atoms with van der Waals surface area (Å²) in [6.07, 6.45) is 0.921. The minimum absolute atomic E-state index is 0. The molecule has 1 heterocycles. The highest BCUT2D eigenvalue weighted by Crippen LogP contribution is 2.16. The van der Waals surface area contributed by atoms with Gasteiger partial charge in [0.25, 0.3) is 0 Å². The van der Waals surface area contributed by atoms with Crippen molar-refractivity contribution in [3.8, 4) is 0 Å². The number of hydrogen-bond acceptors (Lipinski definition) is 2. The molecule has 0 amide bonds. The second kappa shape index (κ2) is 10.0. The highest BCUT2D eigenvalue weighted by Gasteiger charge is 2.11. The van der Waals surface area contributed by atoms with Gasteiger partial charge in [0.1, 0.15) is 0 Å². The molecule has 1 N–H and O–H groups in total. The van der Waals surface area contributed by atoms with Crippen LogP contribution >= 0.6 is 35.6 Å². The van der Waals surface area contributed by atoms with Gasteiger partial charge in [-0.05, 0) is 37.5 Å². The standard InChI is InChI=1S/C18H26ClN5.HI/c1-13-16(14(2)24(5)22-13)10-11-21-18(20-3)23(4)12-15-8-6-7-9-17(15)19;/h6-9H,10-12H2,1-5H3,(H,20,21);1H. The van der Waals surface area contributed by atoms with E-state index < -0.39 is 0 Å². The van der Waals surface area contributed by atoms with Gasteiger partial charge >= 0.3 is 0 Å². The molecule has 0 spiro atoms. The Morgan fingerprint density at radius 2 is 2.00 bits per heavy atom. The van der Waals surface area contributed by atoms with Gasteiger partial charge in [-0.1, -0.05) is 29.8 Å². The van der Waals surface area contributed by atoms with E-state index in [2.05, 4.69) is 34.2 Å². The van der Waals surface area contributed by atoms with Crippen LogP contribution in [0.3, 0.4) is 0 Å². The number of nitrogens with one attached hydrogen (secondary N) is 1. The van der Waals surface area contributed by atoms with Crippen molar-refractivity contribution in [2.45, 2.75) is 26.8 Å². The van der Waals surface area contributed by atoms with Crippen LogP contribution in [0, 0.1) is 13.8 Å². The smallest absolute Gasteiger partial charge is 0.193 e. The van der Waals surface area contributed by atoms with E-state index >= 15 is 0 Å². The van der Waals surface area contributed by atoms with Crippen LogP contribution in [0.2, 0.25) is 5.02 Å². The summed E-state index contributed by atoms with van der Waals surface area (Å²) < 4.78 is 1.93. The van der Waals surface area contributed by atoms with Crippen molar-refractivity contribution < 1.29 is 0 Å². The molecular formula is C18H27ClIN5. The number of hydrogen-bond donors (Lipinski definition) is 1. The lowest BCUT2D eigenvalue weighted by Crippen LogP contribution is -2.39. The summed E-state index contributed by atoms with van der Waals surface area (Å²) in [6, 6.07) is 7.89. The highest BCUT2D eigenvalue weighted by molar-refractivity contribution is 14.0. The summed E-state index contributed by atoms with van der Waals surface area (Å²) >= 11 is 6.24. The lowest BCUT2D eigenvalue weighted by molar-refractivity contribution is 0.477. The molecule has 0 saturated heterocycles. The maximum Gasteiger partial charge on any atom is 0.193 e. The Hall–Kier alpha value is -1.28. The van der Waals surface area contributed by atoms with Crippen molar-refractivity contribution in [2.75, 3.05) is 20.6 Å².